The van der Waals surface area contributed by atoms with Gasteiger partial charge in [-0.25, -0.2) is 0 Å². The van der Waals surface area contributed by atoms with Crippen molar-refractivity contribution in [2.75, 3.05) is 6.54 Å². The summed E-state index contributed by atoms with van der Waals surface area (Å²) in [6.45, 7) is 3.36. The second-order valence-corrected chi connectivity index (χ2v) is 5.95. The van der Waals surface area contributed by atoms with Crippen LogP contribution in [0.5, 0.6) is 5.75 Å². The molecule has 1 amide bonds. The van der Waals surface area contributed by atoms with E-state index in [9.17, 15) is 9.59 Å². The Balaban J connectivity index is 1.84. The molecule has 0 radical (unpaired) electrons. The molecule has 0 bridgehead atoms. The molecule has 1 atom stereocenters. The van der Waals surface area contributed by atoms with Gasteiger partial charge in [-0.3, -0.25) is 9.59 Å². The highest BCUT2D eigenvalue weighted by atomic mass is 35.5. The molecule has 23 heavy (non-hydrogen) atoms. The van der Waals surface area contributed by atoms with Crippen LogP contribution in [-0.2, 0) is 11.2 Å². The van der Waals surface area contributed by atoms with Crippen LogP contribution < -0.4 is 10.1 Å². The van der Waals surface area contributed by atoms with E-state index in [1.807, 2.05) is 6.07 Å². The minimum Gasteiger partial charge on any atom is -0.486 e. The molecule has 6 heteroatoms. The topological polar surface area (TPSA) is 68.5 Å². The van der Waals surface area contributed by atoms with Crippen LogP contribution in [0.25, 0.3) is 11.3 Å². The standard InChI is InChI=1S/C17H16ClNO4/c1-9(20)15-3-4-16(23-15)11-5-12-6-13(8-19-10(2)21)22-17(12)14(18)7-11/h3-5,7,13H,6,8H2,1-2H3,(H,19,21). The van der Waals surface area contributed by atoms with Crippen molar-refractivity contribution in [3.8, 4) is 17.1 Å². The van der Waals surface area contributed by atoms with Gasteiger partial charge in [-0.1, -0.05) is 11.6 Å². The van der Waals surface area contributed by atoms with Gasteiger partial charge in [-0.2, -0.15) is 0 Å². The molecule has 0 saturated heterocycles. The first-order chi connectivity index (χ1) is 10.9. The Kier molecular flexibility index (Phi) is 4.13. The zero-order valence-corrected chi connectivity index (χ0v) is 13.6. The third-order valence-electron chi connectivity index (χ3n) is 3.67. The zero-order chi connectivity index (χ0) is 16.6. The molecule has 1 aromatic carbocycles. The number of ketones is 1. The number of Topliss-reactive ketones (excluding diaryl/α,β-unsaturated/α-hetero) is 1. The van der Waals surface area contributed by atoms with E-state index in [0.29, 0.717) is 35.3 Å². The number of hydrogen-bond acceptors (Lipinski definition) is 4. The molecule has 1 aliphatic heterocycles. The van der Waals surface area contributed by atoms with Crippen molar-refractivity contribution >= 4 is 23.3 Å². The van der Waals surface area contributed by atoms with E-state index < -0.39 is 0 Å². The van der Waals surface area contributed by atoms with Crippen molar-refractivity contribution in [3.05, 3.63) is 40.6 Å². The summed E-state index contributed by atoms with van der Waals surface area (Å²) in [6.07, 6.45) is 0.523. The lowest BCUT2D eigenvalue weighted by molar-refractivity contribution is -0.119. The average Bonchev–Trinajstić information content (AvgIpc) is 3.11. The third-order valence-corrected chi connectivity index (χ3v) is 3.95. The first-order valence-corrected chi connectivity index (χ1v) is 7.66. The third kappa shape index (κ3) is 3.24. The van der Waals surface area contributed by atoms with Crippen LogP contribution >= 0.6 is 11.6 Å². The number of hydrogen-bond donors (Lipinski definition) is 1. The molecule has 1 aliphatic rings. The van der Waals surface area contributed by atoms with E-state index in [4.69, 9.17) is 20.8 Å². The van der Waals surface area contributed by atoms with Crippen molar-refractivity contribution in [1.29, 1.82) is 0 Å². The molecule has 1 aromatic heterocycles. The summed E-state index contributed by atoms with van der Waals surface area (Å²) in [5.74, 6) is 1.33. The molecule has 2 aromatic rings. The highest BCUT2D eigenvalue weighted by Gasteiger charge is 2.26. The van der Waals surface area contributed by atoms with E-state index in [-0.39, 0.29) is 17.8 Å². The van der Waals surface area contributed by atoms with Gasteiger partial charge < -0.3 is 14.5 Å². The molecule has 2 heterocycles. The van der Waals surface area contributed by atoms with Gasteiger partial charge in [0.2, 0.25) is 5.91 Å². The van der Waals surface area contributed by atoms with Crippen LogP contribution in [0.3, 0.4) is 0 Å². The summed E-state index contributed by atoms with van der Waals surface area (Å²) in [5, 5.41) is 3.23. The summed E-state index contributed by atoms with van der Waals surface area (Å²) >= 11 is 6.30. The van der Waals surface area contributed by atoms with Crippen molar-refractivity contribution in [1.82, 2.24) is 5.32 Å². The smallest absolute Gasteiger partial charge is 0.217 e. The monoisotopic (exact) mass is 333 g/mol. The van der Waals surface area contributed by atoms with E-state index in [0.717, 1.165) is 11.1 Å². The molecule has 0 fully saturated rings. The maximum atomic E-state index is 11.3. The molecule has 0 aliphatic carbocycles. The fourth-order valence-electron chi connectivity index (χ4n) is 2.58. The SMILES string of the molecule is CC(=O)NCC1Cc2cc(-c3ccc(C(C)=O)o3)cc(Cl)c2O1. The average molecular weight is 334 g/mol. The highest BCUT2D eigenvalue weighted by molar-refractivity contribution is 6.32. The Labute approximate surface area is 138 Å². The van der Waals surface area contributed by atoms with Crippen LogP contribution in [-0.4, -0.2) is 24.3 Å². The second kappa shape index (κ2) is 6.08. The fourth-order valence-corrected chi connectivity index (χ4v) is 2.87. The lowest BCUT2D eigenvalue weighted by Crippen LogP contribution is -2.32. The van der Waals surface area contributed by atoms with Crippen LogP contribution in [0.2, 0.25) is 5.02 Å². The molecule has 3 rings (SSSR count). The van der Waals surface area contributed by atoms with Gasteiger partial charge in [-0.05, 0) is 24.3 Å². The number of carbonyl (C=O) groups excluding carboxylic acids is 2. The Morgan fingerprint density at radius 1 is 1.30 bits per heavy atom. The quantitative estimate of drug-likeness (QED) is 0.872. The van der Waals surface area contributed by atoms with Crippen molar-refractivity contribution in [3.63, 3.8) is 0 Å². The van der Waals surface area contributed by atoms with Gasteiger partial charge in [-0.15, -0.1) is 0 Å². The van der Waals surface area contributed by atoms with Gasteiger partial charge in [0, 0.05) is 31.4 Å². The fraction of sp³-hybridized carbons (Fsp3) is 0.294. The van der Waals surface area contributed by atoms with Crippen LogP contribution in [0.4, 0.5) is 0 Å². The Hall–Kier alpha value is -2.27. The first-order valence-electron chi connectivity index (χ1n) is 7.28. The summed E-state index contributed by atoms with van der Waals surface area (Å²) in [6, 6.07) is 7.09. The lowest BCUT2D eigenvalue weighted by atomic mass is 10.0. The van der Waals surface area contributed by atoms with Gasteiger partial charge in [0.15, 0.2) is 11.5 Å². The van der Waals surface area contributed by atoms with E-state index in [2.05, 4.69) is 5.32 Å². The van der Waals surface area contributed by atoms with Crippen molar-refractivity contribution < 1.29 is 18.7 Å². The largest absolute Gasteiger partial charge is 0.486 e. The van der Waals surface area contributed by atoms with Crippen LogP contribution in [0.15, 0.2) is 28.7 Å². The van der Waals surface area contributed by atoms with Crippen molar-refractivity contribution in [2.24, 2.45) is 0 Å². The summed E-state index contributed by atoms with van der Waals surface area (Å²) in [7, 11) is 0. The Morgan fingerprint density at radius 3 is 2.74 bits per heavy atom. The Morgan fingerprint density at radius 2 is 2.09 bits per heavy atom. The lowest BCUT2D eigenvalue weighted by Gasteiger charge is -2.11. The zero-order valence-electron chi connectivity index (χ0n) is 12.8. The summed E-state index contributed by atoms with van der Waals surface area (Å²) < 4.78 is 11.3. The molecule has 5 nitrogen and oxygen atoms in total. The second-order valence-electron chi connectivity index (χ2n) is 5.55. The van der Waals surface area contributed by atoms with Gasteiger partial charge >= 0.3 is 0 Å². The minimum atomic E-state index is -0.133. The van der Waals surface area contributed by atoms with E-state index >= 15 is 0 Å². The number of nitrogens with one attached hydrogen (secondary N) is 1. The molecule has 0 saturated carbocycles. The number of carbonyl (C=O) groups is 2. The highest BCUT2D eigenvalue weighted by Crippen LogP contribution is 2.39. The first kappa shape index (κ1) is 15.6. The summed E-state index contributed by atoms with van der Waals surface area (Å²) in [5.41, 5.74) is 1.76. The van der Waals surface area contributed by atoms with E-state index in [1.54, 1.807) is 18.2 Å². The molecule has 120 valence electrons. The van der Waals surface area contributed by atoms with Gasteiger partial charge in [0.05, 0.1) is 11.6 Å². The number of amides is 1. The maximum absolute atomic E-state index is 11.3. The molecule has 1 unspecified atom stereocenters. The van der Waals surface area contributed by atoms with Crippen LogP contribution in [0, 0.1) is 0 Å². The molecule has 0 spiro atoms. The van der Waals surface area contributed by atoms with Gasteiger partial charge in [0.25, 0.3) is 0 Å². The number of rotatable bonds is 4. The predicted octanol–water partition coefficient (Wildman–Crippen LogP) is 3.24. The predicted molar refractivity (Wildman–Crippen MR) is 86.0 cm³/mol. The van der Waals surface area contributed by atoms with Crippen LogP contribution in [0.1, 0.15) is 30.0 Å². The number of benzene rings is 1. The van der Waals surface area contributed by atoms with Gasteiger partial charge in [0.1, 0.15) is 17.6 Å². The number of ether oxygens (including phenoxy) is 1. The maximum Gasteiger partial charge on any atom is 0.217 e. The summed E-state index contributed by atoms with van der Waals surface area (Å²) in [4.78, 5) is 22.3. The Bertz CT molecular complexity index is 781. The normalized spacial score (nSPS) is 15.9. The van der Waals surface area contributed by atoms with E-state index in [1.165, 1.54) is 13.8 Å². The molecule has 1 N–H and O–H groups in total. The minimum absolute atomic E-state index is 0.0938. The number of fused-ring (bicyclic) bond motifs is 1. The molecular weight excluding hydrogens is 318 g/mol. The molecular formula is C17H16ClNO4. The number of furan rings is 1. The number of halogens is 1. The van der Waals surface area contributed by atoms with Crippen molar-refractivity contribution in [2.45, 2.75) is 26.4 Å².